The predicted octanol–water partition coefficient (Wildman–Crippen LogP) is 2.78. The van der Waals surface area contributed by atoms with Gasteiger partial charge in [-0.25, -0.2) is 9.59 Å². The minimum atomic E-state index is -1.22. The number of amides is 3. The number of esters is 2. The summed E-state index contributed by atoms with van der Waals surface area (Å²) in [5.74, 6) is -2.21. The maximum Gasteiger partial charge on any atom is 0.332 e. The number of carbonyl (C=O) groups excluding carboxylic acids is 5. The van der Waals surface area contributed by atoms with Gasteiger partial charge in [0.25, 0.3) is 5.91 Å². The number of phenols is 1. The van der Waals surface area contributed by atoms with Gasteiger partial charge in [0.2, 0.25) is 11.8 Å². The average molecular weight is 1000 g/mol. The van der Waals surface area contributed by atoms with E-state index >= 15 is 0 Å². The number of hydrogen-bond acceptors (Lipinski definition) is 10. The average Bonchev–Trinajstić information content (AvgIpc) is 3.19. The third-order valence-electron chi connectivity index (χ3n) is 5.18. The Morgan fingerprint density at radius 2 is 1.65 bits per heavy atom. The highest BCUT2D eigenvalue weighted by atomic mass is 127. The van der Waals surface area contributed by atoms with E-state index in [0.29, 0.717) is 18.6 Å². The Balaban J connectivity index is 1.59. The molecular weight excluding hydrogens is 984 g/mol. The molecule has 2 aromatic rings. The van der Waals surface area contributed by atoms with Crippen LogP contribution in [0.15, 0.2) is 24.3 Å². The Bertz CT molecular complexity index is 1310. The zero-order chi connectivity index (χ0) is 29.6. The summed E-state index contributed by atoms with van der Waals surface area (Å²) in [7, 11) is 1.20. The van der Waals surface area contributed by atoms with E-state index in [4.69, 9.17) is 18.9 Å². The lowest BCUT2D eigenvalue weighted by molar-refractivity contribution is -0.159. The molecule has 3 rings (SSSR count). The second kappa shape index (κ2) is 15.1. The molecule has 3 amide bonds. The van der Waals surface area contributed by atoms with Gasteiger partial charge in [0.1, 0.15) is 30.8 Å². The van der Waals surface area contributed by atoms with Gasteiger partial charge in [0.05, 0.1) is 27.8 Å². The molecule has 12 nitrogen and oxygen atoms in total. The van der Waals surface area contributed by atoms with E-state index < -0.39 is 55.0 Å². The molecule has 3 N–H and O–H groups in total. The van der Waals surface area contributed by atoms with Crippen molar-refractivity contribution in [3.63, 3.8) is 0 Å². The summed E-state index contributed by atoms with van der Waals surface area (Å²) in [5.41, 5.74) is 0.723. The molecule has 0 radical (unpaired) electrons. The molecule has 40 heavy (non-hydrogen) atoms. The van der Waals surface area contributed by atoms with E-state index in [9.17, 15) is 29.1 Å². The fourth-order valence-electron chi connectivity index (χ4n) is 3.40. The van der Waals surface area contributed by atoms with Crippen molar-refractivity contribution in [2.75, 3.05) is 20.3 Å². The maximum absolute atomic E-state index is 12.4. The summed E-state index contributed by atoms with van der Waals surface area (Å²) in [4.78, 5) is 59.3. The third-order valence-corrected chi connectivity index (χ3v) is 8.43. The minimum Gasteiger partial charge on any atom is -0.506 e. The Hall–Kier alpha value is -1.53. The minimum absolute atomic E-state index is 0.104. The molecule has 214 valence electrons. The van der Waals surface area contributed by atoms with E-state index in [1.165, 1.54) is 7.11 Å². The van der Waals surface area contributed by atoms with Crippen LogP contribution in [0.1, 0.15) is 12.0 Å². The van der Waals surface area contributed by atoms with Gasteiger partial charge in [0, 0.05) is 6.42 Å². The highest BCUT2D eigenvalue weighted by Gasteiger charge is 2.33. The summed E-state index contributed by atoms with van der Waals surface area (Å²) in [6.45, 7) is -1.20. The van der Waals surface area contributed by atoms with Crippen molar-refractivity contribution in [1.29, 1.82) is 0 Å². The quantitative estimate of drug-likeness (QED) is 0.173. The number of rotatable bonds is 11. The highest BCUT2D eigenvalue weighted by molar-refractivity contribution is 14.1. The van der Waals surface area contributed by atoms with Crippen LogP contribution in [0, 0.1) is 14.3 Å². The molecule has 1 saturated heterocycles. The van der Waals surface area contributed by atoms with Gasteiger partial charge in [-0.3, -0.25) is 19.7 Å². The zero-order valence-corrected chi connectivity index (χ0v) is 29.1. The molecule has 1 unspecified atom stereocenters. The van der Waals surface area contributed by atoms with Crippen LogP contribution in [0.5, 0.6) is 17.2 Å². The van der Waals surface area contributed by atoms with Crippen molar-refractivity contribution in [3.8, 4) is 17.2 Å². The van der Waals surface area contributed by atoms with Gasteiger partial charge in [-0.15, -0.1) is 0 Å². The van der Waals surface area contributed by atoms with Crippen LogP contribution >= 0.6 is 90.4 Å². The Labute approximate surface area is 282 Å². The number of hydrogen-bond donors (Lipinski definition) is 3. The summed E-state index contributed by atoms with van der Waals surface area (Å²) in [6, 6.07) is 6.02. The van der Waals surface area contributed by atoms with Crippen LogP contribution in [-0.4, -0.2) is 67.2 Å². The third kappa shape index (κ3) is 9.24. The van der Waals surface area contributed by atoms with Crippen molar-refractivity contribution in [1.82, 2.24) is 10.6 Å². The van der Waals surface area contributed by atoms with Crippen molar-refractivity contribution in [2.45, 2.75) is 25.0 Å². The highest BCUT2D eigenvalue weighted by Crippen LogP contribution is 2.37. The monoisotopic (exact) mass is 1000 g/mol. The maximum atomic E-state index is 12.4. The van der Waals surface area contributed by atoms with Crippen molar-refractivity contribution >= 4 is 120 Å². The first-order valence-corrected chi connectivity index (χ1v) is 15.5. The van der Waals surface area contributed by atoms with E-state index in [2.05, 4.69) is 50.5 Å². The van der Waals surface area contributed by atoms with Crippen molar-refractivity contribution < 1.29 is 48.0 Å². The number of ether oxygens (including phenoxy) is 4. The fraction of sp³-hybridized carbons (Fsp3) is 0.292. The Morgan fingerprint density at radius 1 is 1.02 bits per heavy atom. The van der Waals surface area contributed by atoms with Crippen LogP contribution in [0.2, 0.25) is 0 Å². The summed E-state index contributed by atoms with van der Waals surface area (Å²) >= 11 is 8.27. The number of carbonyl (C=O) groups is 5. The molecule has 0 aliphatic carbocycles. The van der Waals surface area contributed by atoms with Gasteiger partial charge < -0.3 is 29.4 Å². The summed E-state index contributed by atoms with van der Waals surface area (Å²) in [5, 5.41) is 14.5. The second-order valence-electron chi connectivity index (χ2n) is 8.16. The van der Waals surface area contributed by atoms with Crippen LogP contribution < -0.4 is 15.4 Å². The summed E-state index contributed by atoms with van der Waals surface area (Å²) < 4.78 is 23.6. The second-order valence-corrected chi connectivity index (χ2v) is 12.8. The van der Waals surface area contributed by atoms with Gasteiger partial charge in [-0.2, -0.15) is 0 Å². The molecule has 1 aliphatic rings. The van der Waals surface area contributed by atoms with Crippen LogP contribution in [-0.2, 0) is 44.6 Å². The smallest absolute Gasteiger partial charge is 0.332 e. The first-order chi connectivity index (χ1) is 18.9. The lowest BCUT2D eigenvalue weighted by Gasteiger charge is -2.18. The zero-order valence-electron chi connectivity index (χ0n) is 20.4. The Kier molecular flexibility index (Phi) is 12.4. The fourth-order valence-corrected chi connectivity index (χ4v) is 7.23. The first kappa shape index (κ1) is 33.0. The number of benzene rings is 2. The molecule has 16 heteroatoms. The normalized spacial score (nSPS) is 15.3. The molecule has 0 saturated carbocycles. The van der Waals surface area contributed by atoms with Gasteiger partial charge in [-0.05, 0) is 120 Å². The van der Waals surface area contributed by atoms with E-state index in [1.807, 2.05) is 62.6 Å². The number of imide groups is 1. The standard InChI is InChI=1S/C24H20I4N2O10/c1-37-24(36)16(29-19(32)8-38-9-20(33)40-17-7-18(31)30-23(17)35)4-10-2-14(27)22(15(28)3-10)39-11-5-12(25)21(34)13(26)6-11/h2-3,5-6,16-17,34H,4,7-9H2,1H3,(H,29,32)(H,30,31,35)/t16-,17?/m0/s1. The van der Waals surface area contributed by atoms with Crippen molar-refractivity contribution in [3.05, 3.63) is 44.1 Å². The molecule has 0 bridgehead atoms. The number of methoxy groups -OCH3 is 1. The number of halogens is 4. The van der Waals surface area contributed by atoms with Crippen LogP contribution in [0.4, 0.5) is 0 Å². The molecule has 1 fully saturated rings. The van der Waals surface area contributed by atoms with E-state index in [0.717, 1.165) is 12.7 Å². The van der Waals surface area contributed by atoms with Crippen molar-refractivity contribution in [2.24, 2.45) is 0 Å². The lowest BCUT2D eigenvalue weighted by atomic mass is 10.1. The summed E-state index contributed by atoms with van der Waals surface area (Å²) in [6.07, 6.45) is -1.39. The molecule has 2 atom stereocenters. The van der Waals surface area contributed by atoms with Crippen LogP contribution in [0.25, 0.3) is 0 Å². The number of nitrogens with one attached hydrogen (secondary N) is 2. The molecule has 0 spiro atoms. The molecule has 2 aromatic carbocycles. The van der Waals surface area contributed by atoms with E-state index in [1.54, 1.807) is 12.1 Å². The number of aromatic hydroxyl groups is 1. The topological polar surface area (TPSA) is 167 Å². The van der Waals surface area contributed by atoms with Gasteiger partial charge in [-0.1, -0.05) is 0 Å². The number of phenolic OH excluding ortho intramolecular Hbond substituents is 1. The first-order valence-electron chi connectivity index (χ1n) is 11.2. The Morgan fingerprint density at radius 3 is 2.20 bits per heavy atom. The lowest BCUT2D eigenvalue weighted by Crippen LogP contribution is -2.44. The molecule has 0 aromatic heterocycles. The van der Waals surface area contributed by atoms with Gasteiger partial charge in [0.15, 0.2) is 11.9 Å². The van der Waals surface area contributed by atoms with Gasteiger partial charge >= 0.3 is 11.9 Å². The predicted molar refractivity (Wildman–Crippen MR) is 172 cm³/mol. The molecule has 1 aliphatic heterocycles. The largest absolute Gasteiger partial charge is 0.506 e. The van der Waals surface area contributed by atoms with Crippen LogP contribution in [0.3, 0.4) is 0 Å². The molecular formula is C24H20I4N2O10. The van der Waals surface area contributed by atoms with E-state index in [-0.39, 0.29) is 18.6 Å². The molecule has 1 heterocycles. The SMILES string of the molecule is COC(=O)[C@H](Cc1cc(I)c(Oc2cc(I)c(O)c(I)c2)c(I)c1)NC(=O)COCC(=O)OC1CC(=O)NC1=O.